The second kappa shape index (κ2) is 6.38. The predicted octanol–water partition coefficient (Wildman–Crippen LogP) is 3.82. The summed E-state index contributed by atoms with van der Waals surface area (Å²) in [6.45, 7) is 0.513. The second-order valence-electron chi connectivity index (χ2n) is 5.07. The van der Waals surface area contributed by atoms with Gasteiger partial charge in [-0.2, -0.15) is 13.2 Å². The van der Waals surface area contributed by atoms with Crippen LogP contribution in [0.3, 0.4) is 0 Å². The first kappa shape index (κ1) is 17.2. The van der Waals surface area contributed by atoms with Crippen molar-refractivity contribution in [3.05, 3.63) is 39.9 Å². The third kappa shape index (κ3) is 3.42. The zero-order valence-electron chi connectivity index (χ0n) is 11.9. The molecule has 1 aromatic carbocycles. The molecule has 0 bridgehead atoms. The van der Waals surface area contributed by atoms with Gasteiger partial charge in [0.25, 0.3) is 0 Å². The van der Waals surface area contributed by atoms with Gasteiger partial charge in [-0.3, -0.25) is 0 Å². The van der Waals surface area contributed by atoms with E-state index in [1.807, 2.05) is 0 Å². The van der Waals surface area contributed by atoms with Crippen molar-refractivity contribution in [2.75, 3.05) is 11.9 Å². The van der Waals surface area contributed by atoms with Crippen LogP contribution in [0.15, 0.2) is 18.2 Å². The minimum Gasteiger partial charge on any atom is -0.340 e. The average Bonchev–Trinajstić information content (AvgIpc) is 2.93. The first-order valence-electron chi connectivity index (χ1n) is 6.76. The Balaban J connectivity index is 1.73. The molecule has 2 heterocycles. The van der Waals surface area contributed by atoms with Crippen LogP contribution in [0.5, 0.6) is 0 Å². The molecular weight excluding hydrogens is 386 g/mol. The van der Waals surface area contributed by atoms with Crippen molar-refractivity contribution >= 4 is 46.2 Å². The average molecular weight is 396 g/mol. The summed E-state index contributed by atoms with van der Waals surface area (Å²) in [5.41, 5.74) is 0.564. The molecule has 0 amide bonds. The molecule has 0 aliphatic carbocycles. The number of thiocarbonyl (C=S) groups is 1. The molecule has 1 aliphatic rings. The predicted molar refractivity (Wildman–Crippen MR) is 88.1 cm³/mol. The number of anilines is 1. The van der Waals surface area contributed by atoms with E-state index in [9.17, 15) is 13.2 Å². The van der Waals surface area contributed by atoms with Gasteiger partial charge in [0.1, 0.15) is 0 Å². The summed E-state index contributed by atoms with van der Waals surface area (Å²) in [5.74, 6) is -0.781. The highest BCUT2D eigenvalue weighted by molar-refractivity contribution is 7.80. The number of nitrogens with zero attached hydrogens (tertiary/aromatic N) is 4. The van der Waals surface area contributed by atoms with Crippen LogP contribution < -0.4 is 5.32 Å². The van der Waals surface area contributed by atoms with Crippen LogP contribution in [-0.4, -0.2) is 31.3 Å². The molecule has 1 aromatic heterocycles. The van der Waals surface area contributed by atoms with Crippen molar-refractivity contribution in [2.45, 2.75) is 19.3 Å². The van der Waals surface area contributed by atoms with Crippen LogP contribution in [0.2, 0.25) is 10.0 Å². The molecule has 1 N–H and O–H groups in total. The summed E-state index contributed by atoms with van der Waals surface area (Å²) in [4.78, 5) is 1.70. The maximum atomic E-state index is 12.8. The summed E-state index contributed by atoms with van der Waals surface area (Å²) < 4.78 is 39.6. The van der Waals surface area contributed by atoms with Crippen molar-refractivity contribution in [3.63, 3.8) is 0 Å². The third-order valence-corrected chi connectivity index (χ3v) is 4.37. The Morgan fingerprint density at radius 3 is 2.62 bits per heavy atom. The minimum absolute atomic E-state index is 0.0906. The molecular formula is C13H10Cl2F3N5S. The van der Waals surface area contributed by atoms with Crippen LogP contribution in [0.4, 0.5) is 18.9 Å². The Labute approximate surface area is 150 Å². The highest BCUT2D eigenvalue weighted by Gasteiger charge is 2.39. The molecule has 0 atom stereocenters. The zero-order valence-corrected chi connectivity index (χ0v) is 14.3. The van der Waals surface area contributed by atoms with Crippen molar-refractivity contribution in [2.24, 2.45) is 0 Å². The highest BCUT2D eigenvalue weighted by atomic mass is 35.5. The van der Waals surface area contributed by atoms with Gasteiger partial charge in [0.05, 0.1) is 17.3 Å². The SMILES string of the molecule is FC(F)(F)c1nnc2n1CCN(C(=S)Nc1ccc(Cl)cc1Cl)C2. The number of rotatable bonds is 1. The van der Waals surface area contributed by atoms with E-state index >= 15 is 0 Å². The maximum Gasteiger partial charge on any atom is 0.451 e. The van der Waals surface area contributed by atoms with Gasteiger partial charge in [-0.25, -0.2) is 0 Å². The van der Waals surface area contributed by atoms with Crippen molar-refractivity contribution < 1.29 is 13.2 Å². The molecule has 0 saturated carbocycles. The Morgan fingerprint density at radius 1 is 1.21 bits per heavy atom. The van der Waals surface area contributed by atoms with Crippen LogP contribution >= 0.6 is 35.4 Å². The largest absolute Gasteiger partial charge is 0.451 e. The van der Waals surface area contributed by atoms with E-state index in [2.05, 4.69) is 15.5 Å². The summed E-state index contributed by atoms with van der Waals surface area (Å²) in [7, 11) is 0. The number of nitrogens with one attached hydrogen (secondary N) is 1. The molecule has 0 unspecified atom stereocenters. The van der Waals surface area contributed by atoms with Gasteiger partial charge in [-0.1, -0.05) is 23.2 Å². The molecule has 3 rings (SSSR count). The molecule has 1 aliphatic heterocycles. The second-order valence-corrected chi connectivity index (χ2v) is 6.30. The Hall–Kier alpha value is -1.58. The van der Waals surface area contributed by atoms with Crippen molar-refractivity contribution in [3.8, 4) is 0 Å². The third-order valence-electron chi connectivity index (χ3n) is 3.47. The standard InChI is InChI=1S/C13H10Cl2F3N5S/c14-7-1-2-9(8(15)5-7)19-12(24)22-3-4-23-10(6-22)20-21-11(23)13(16,17)18/h1-2,5H,3-4,6H2,(H,19,24). The lowest BCUT2D eigenvalue weighted by molar-refractivity contribution is -0.147. The van der Waals surface area contributed by atoms with E-state index in [0.29, 0.717) is 27.4 Å². The zero-order chi connectivity index (χ0) is 17.5. The maximum absolute atomic E-state index is 12.8. The van der Waals surface area contributed by atoms with E-state index in [-0.39, 0.29) is 18.9 Å². The Morgan fingerprint density at radius 2 is 1.96 bits per heavy atom. The van der Waals surface area contributed by atoms with Crippen LogP contribution in [0.1, 0.15) is 11.6 Å². The highest BCUT2D eigenvalue weighted by Crippen LogP contribution is 2.30. The van der Waals surface area contributed by atoms with E-state index in [0.717, 1.165) is 4.57 Å². The number of aromatic nitrogens is 3. The fourth-order valence-electron chi connectivity index (χ4n) is 2.33. The monoisotopic (exact) mass is 395 g/mol. The van der Waals surface area contributed by atoms with E-state index < -0.39 is 12.0 Å². The Bertz CT molecular complexity index is 792. The molecule has 0 radical (unpaired) electrons. The van der Waals surface area contributed by atoms with E-state index in [1.165, 1.54) is 0 Å². The number of hydrogen-bond donors (Lipinski definition) is 1. The molecule has 0 saturated heterocycles. The molecule has 24 heavy (non-hydrogen) atoms. The number of benzene rings is 1. The van der Waals surface area contributed by atoms with Gasteiger partial charge in [0.2, 0.25) is 5.82 Å². The van der Waals surface area contributed by atoms with E-state index in [4.69, 9.17) is 35.4 Å². The van der Waals surface area contributed by atoms with Crippen LogP contribution in [0.25, 0.3) is 0 Å². The normalized spacial score (nSPS) is 14.5. The fourth-order valence-corrected chi connectivity index (χ4v) is 3.05. The van der Waals surface area contributed by atoms with Crippen molar-refractivity contribution in [1.82, 2.24) is 19.7 Å². The van der Waals surface area contributed by atoms with Crippen molar-refractivity contribution in [1.29, 1.82) is 0 Å². The fraction of sp³-hybridized carbons (Fsp3) is 0.308. The lowest BCUT2D eigenvalue weighted by atomic mass is 10.3. The van der Waals surface area contributed by atoms with Crippen LogP contribution in [-0.2, 0) is 19.3 Å². The van der Waals surface area contributed by atoms with Gasteiger partial charge in [0.15, 0.2) is 10.9 Å². The van der Waals surface area contributed by atoms with E-state index in [1.54, 1.807) is 23.1 Å². The summed E-state index contributed by atoms with van der Waals surface area (Å²) in [5, 5.41) is 11.0. The number of alkyl halides is 3. The smallest absolute Gasteiger partial charge is 0.340 e. The lowest BCUT2D eigenvalue weighted by Gasteiger charge is -2.30. The molecule has 2 aromatic rings. The first-order chi connectivity index (χ1) is 11.3. The Kier molecular flexibility index (Phi) is 4.58. The van der Waals surface area contributed by atoms with Crippen LogP contribution in [0, 0.1) is 0 Å². The minimum atomic E-state index is -4.52. The molecule has 0 fully saturated rings. The number of halogens is 5. The van der Waals surface area contributed by atoms with Gasteiger partial charge in [-0.05, 0) is 30.4 Å². The van der Waals surface area contributed by atoms with Gasteiger partial charge < -0.3 is 14.8 Å². The molecule has 128 valence electrons. The lowest BCUT2D eigenvalue weighted by Crippen LogP contribution is -2.41. The number of hydrogen-bond acceptors (Lipinski definition) is 3. The summed E-state index contributed by atoms with van der Waals surface area (Å²) in [6, 6.07) is 4.89. The first-order valence-corrected chi connectivity index (χ1v) is 7.92. The van der Waals surface area contributed by atoms with Gasteiger partial charge >= 0.3 is 6.18 Å². The molecule has 5 nitrogen and oxygen atoms in total. The summed E-state index contributed by atoms with van der Waals surface area (Å²) in [6.07, 6.45) is -4.52. The quantitative estimate of drug-likeness (QED) is 0.743. The number of fused-ring (bicyclic) bond motifs is 1. The topological polar surface area (TPSA) is 46.0 Å². The molecule has 11 heteroatoms. The molecule has 0 spiro atoms. The van der Waals surface area contributed by atoms with Gasteiger partial charge in [-0.15, -0.1) is 10.2 Å². The summed E-state index contributed by atoms with van der Waals surface area (Å²) >= 11 is 17.2. The van der Waals surface area contributed by atoms with Gasteiger partial charge in [0, 0.05) is 18.1 Å².